The molecule has 0 saturated carbocycles. The lowest BCUT2D eigenvalue weighted by Crippen LogP contribution is -2.42. The summed E-state index contributed by atoms with van der Waals surface area (Å²) >= 11 is 3.50. The normalized spacial score (nSPS) is 21.5. The van der Waals surface area contributed by atoms with Gasteiger partial charge in [-0.2, -0.15) is 0 Å². The Labute approximate surface area is 111 Å². The predicted molar refractivity (Wildman–Crippen MR) is 73.2 cm³/mol. The van der Waals surface area contributed by atoms with E-state index in [1.165, 1.54) is 12.0 Å². The summed E-state index contributed by atoms with van der Waals surface area (Å²) in [6.45, 7) is 3.02. The van der Waals surface area contributed by atoms with Crippen molar-refractivity contribution in [2.45, 2.75) is 25.4 Å². The highest BCUT2D eigenvalue weighted by Gasteiger charge is 2.17. The maximum absolute atomic E-state index is 6.00. The van der Waals surface area contributed by atoms with Crippen molar-refractivity contribution in [2.24, 2.45) is 5.73 Å². The molecule has 0 amide bonds. The first kappa shape index (κ1) is 12.9. The number of halogens is 1. The van der Waals surface area contributed by atoms with Crippen molar-refractivity contribution in [3.05, 3.63) is 28.2 Å². The quantitative estimate of drug-likeness (QED) is 0.931. The summed E-state index contributed by atoms with van der Waals surface area (Å²) in [7, 11) is 1.72. The zero-order valence-electron chi connectivity index (χ0n) is 10.2. The minimum absolute atomic E-state index is 0.321. The zero-order valence-corrected chi connectivity index (χ0v) is 11.7. The number of hydrogen-bond donors (Lipinski definition) is 1. The number of nitrogens with two attached hydrogens (primary N) is 1. The molecular weight excluding hydrogens is 280 g/mol. The first-order chi connectivity index (χ1) is 8.19. The lowest BCUT2D eigenvalue weighted by Gasteiger charge is -2.31. The second-order valence-electron chi connectivity index (χ2n) is 4.59. The second kappa shape index (κ2) is 5.85. The van der Waals surface area contributed by atoms with Crippen LogP contribution in [0.25, 0.3) is 0 Å². The van der Waals surface area contributed by atoms with E-state index in [0.717, 1.165) is 36.3 Å². The number of hydrogen-bond acceptors (Lipinski definition) is 3. The molecule has 1 aromatic rings. The summed E-state index contributed by atoms with van der Waals surface area (Å²) in [4.78, 5) is 2.40. The number of ether oxygens (including phenoxy) is 1. The molecular formula is C13H19BrN2O. The van der Waals surface area contributed by atoms with Gasteiger partial charge in [0, 0.05) is 29.2 Å². The van der Waals surface area contributed by atoms with Gasteiger partial charge in [-0.05, 0) is 37.6 Å². The minimum atomic E-state index is 0.321. The molecule has 0 bridgehead atoms. The average Bonchev–Trinajstić information content (AvgIpc) is 2.29. The van der Waals surface area contributed by atoms with Crippen LogP contribution in [0.5, 0.6) is 5.75 Å². The molecule has 1 aliphatic heterocycles. The van der Waals surface area contributed by atoms with Crippen molar-refractivity contribution < 1.29 is 4.74 Å². The van der Waals surface area contributed by atoms with Crippen molar-refractivity contribution >= 4 is 15.9 Å². The molecule has 94 valence electrons. The monoisotopic (exact) mass is 298 g/mol. The summed E-state index contributed by atoms with van der Waals surface area (Å²) in [5.41, 5.74) is 7.22. The van der Waals surface area contributed by atoms with E-state index in [-0.39, 0.29) is 0 Å². The van der Waals surface area contributed by atoms with E-state index < -0.39 is 0 Å². The Morgan fingerprint density at radius 3 is 3.06 bits per heavy atom. The molecule has 0 aliphatic carbocycles. The van der Waals surface area contributed by atoms with Gasteiger partial charge in [0.05, 0.1) is 7.11 Å². The molecule has 1 aromatic carbocycles. The van der Waals surface area contributed by atoms with Crippen LogP contribution in [0.3, 0.4) is 0 Å². The molecule has 1 fully saturated rings. The summed E-state index contributed by atoms with van der Waals surface area (Å²) in [5, 5.41) is 0. The van der Waals surface area contributed by atoms with E-state index in [1.54, 1.807) is 7.11 Å². The van der Waals surface area contributed by atoms with E-state index in [2.05, 4.69) is 26.9 Å². The lowest BCUT2D eigenvalue weighted by atomic mass is 10.1. The highest BCUT2D eigenvalue weighted by atomic mass is 79.9. The first-order valence-corrected chi connectivity index (χ1v) is 6.78. The van der Waals surface area contributed by atoms with E-state index in [0.29, 0.717) is 6.04 Å². The average molecular weight is 299 g/mol. The Balaban J connectivity index is 2.08. The number of methoxy groups -OCH3 is 1. The highest BCUT2D eigenvalue weighted by Crippen LogP contribution is 2.25. The van der Waals surface area contributed by atoms with Gasteiger partial charge < -0.3 is 10.5 Å². The van der Waals surface area contributed by atoms with Gasteiger partial charge in [0.25, 0.3) is 0 Å². The van der Waals surface area contributed by atoms with Crippen LogP contribution in [-0.2, 0) is 6.54 Å². The number of rotatable bonds is 3. The van der Waals surface area contributed by atoms with E-state index in [9.17, 15) is 0 Å². The van der Waals surface area contributed by atoms with Crippen molar-refractivity contribution in [1.82, 2.24) is 4.90 Å². The Kier molecular flexibility index (Phi) is 4.42. The van der Waals surface area contributed by atoms with Gasteiger partial charge in [-0.25, -0.2) is 0 Å². The van der Waals surface area contributed by atoms with Crippen LogP contribution in [0.15, 0.2) is 22.7 Å². The van der Waals surface area contributed by atoms with Gasteiger partial charge >= 0.3 is 0 Å². The smallest absolute Gasteiger partial charge is 0.123 e. The third-order valence-corrected chi connectivity index (χ3v) is 3.67. The molecule has 0 unspecified atom stereocenters. The Morgan fingerprint density at radius 2 is 2.35 bits per heavy atom. The van der Waals surface area contributed by atoms with Crippen LogP contribution >= 0.6 is 15.9 Å². The predicted octanol–water partition coefficient (Wildman–Crippen LogP) is 2.38. The fourth-order valence-electron chi connectivity index (χ4n) is 2.35. The van der Waals surface area contributed by atoms with Crippen molar-refractivity contribution in [3.63, 3.8) is 0 Å². The third kappa shape index (κ3) is 3.44. The van der Waals surface area contributed by atoms with Gasteiger partial charge in [-0.3, -0.25) is 4.90 Å². The Hall–Kier alpha value is -0.580. The van der Waals surface area contributed by atoms with Gasteiger partial charge in [-0.15, -0.1) is 0 Å². The van der Waals surface area contributed by atoms with Gasteiger partial charge in [0.2, 0.25) is 0 Å². The van der Waals surface area contributed by atoms with Crippen LogP contribution in [0.4, 0.5) is 0 Å². The van der Waals surface area contributed by atoms with Crippen LogP contribution in [0.2, 0.25) is 0 Å². The molecule has 1 heterocycles. The minimum Gasteiger partial charge on any atom is -0.496 e. The number of likely N-dealkylation sites (tertiary alicyclic amines) is 1. The largest absolute Gasteiger partial charge is 0.496 e. The SMILES string of the molecule is COc1ccc(Br)cc1CN1CCC[C@@H](N)C1. The maximum atomic E-state index is 6.00. The van der Waals surface area contributed by atoms with Crippen LogP contribution < -0.4 is 10.5 Å². The maximum Gasteiger partial charge on any atom is 0.123 e. The topological polar surface area (TPSA) is 38.5 Å². The third-order valence-electron chi connectivity index (χ3n) is 3.18. The van der Waals surface area contributed by atoms with Crippen molar-refractivity contribution in [3.8, 4) is 5.75 Å². The van der Waals surface area contributed by atoms with Crippen LogP contribution in [-0.4, -0.2) is 31.1 Å². The molecule has 0 spiro atoms. The molecule has 4 heteroatoms. The van der Waals surface area contributed by atoms with Gasteiger partial charge in [0.1, 0.15) is 5.75 Å². The van der Waals surface area contributed by atoms with Crippen molar-refractivity contribution in [2.75, 3.05) is 20.2 Å². The Bertz CT molecular complexity index is 384. The highest BCUT2D eigenvalue weighted by molar-refractivity contribution is 9.10. The van der Waals surface area contributed by atoms with E-state index in [4.69, 9.17) is 10.5 Å². The summed E-state index contributed by atoms with van der Waals surface area (Å²) in [6.07, 6.45) is 2.34. The standard InChI is InChI=1S/C13H19BrN2O/c1-17-13-5-4-11(14)7-10(13)8-16-6-2-3-12(15)9-16/h4-5,7,12H,2-3,6,8-9,15H2,1H3/t12-/m1/s1. The fourth-order valence-corrected chi connectivity index (χ4v) is 2.76. The van der Waals surface area contributed by atoms with Crippen LogP contribution in [0, 0.1) is 0 Å². The molecule has 17 heavy (non-hydrogen) atoms. The van der Waals surface area contributed by atoms with Crippen molar-refractivity contribution in [1.29, 1.82) is 0 Å². The summed E-state index contributed by atoms with van der Waals surface area (Å²) in [5.74, 6) is 0.951. The zero-order chi connectivity index (χ0) is 12.3. The number of nitrogens with zero attached hydrogens (tertiary/aromatic N) is 1. The molecule has 2 rings (SSSR count). The molecule has 0 aromatic heterocycles. The fraction of sp³-hybridized carbons (Fsp3) is 0.538. The van der Waals surface area contributed by atoms with Gasteiger partial charge in [-0.1, -0.05) is 15.9 Å². The Morgan fingerprint density at radius 1 is 1.53 bits per heavy atom. The summed E-state index contributed by atoms with van der Waals surface area (Å²) in [6, 6.07) is 6.45. The molecule has 3 nitrogen and oxygen atoms in total. The molecule has 2 N–H and O–H groups in total. The molecule has 0 radical (unpaired) electrons. The number of piperidine rings is 1. The lowest BCUT2D eigenvalue weighted by molar-refractivity contribution is 0.199. The van der Waals surface area contributed by atoms with Crippen LogP contribution in [0.1, 0.15) is 18.4 Å². The summed E-state index contributed by atoms with van der Waals surface area (Å²) < 4.78 is 6.48. The second-order valence-corrected chi connectivity index (χ2v) is 5.51. The molecule has 1 saturated heterocycles. The number of benzene rings is 1. The molecule has 1 aliphatic rings. The van der Waals surface area contributed by atoms with E-state index >= 15 is 0 Å². The first-order valence-electron chi connectivity index (χ1n) is 5.99. The molecule has 1 atom stereocenters. The van der Waals surface area contributed by atoms with Gasteiger partial charge in [0.15, 0.2) is 0 Å². The van der Waals surface area contributed by atoms with E-state index in [1.807, 2.05) is 12.1 Å².